The Balaban J connectivity index is 2.49. The Bertz CT molecular complexity index is 351. The van der Waals surface area contributed by atoms with Crippen molar-refractivity contribution in [1.82, 2.24) is 0 Å². The molecule has 0 fully saturated rings. The molecule has 1 aromatic rings. The molecule has 0 N–H and O–H groups in total. The molecule has 1 atom stereocenters. The molecule has 60 valence electrons. The predicted octanol–water partition coefficient (Wildman–Crippen LogP) is 3.00. The van der Waals surface area contributed by atoms with Crippen LogP contribution in [0.4, 0.5) is 0 Å². The minimum atomic E-state index is 0.132. The predicted molar refractivity (Wildman–Crippen MR) is 50.8 cm³/mol. The Morgan fingerprint density at radius 2 is 2.33 bits per heavy atom. The molecule has 1 unspecified atom stereocenters. The summed E-state index contributed by atoms with van der Waals surface area (Å²) in [5.41, 5.74) is 2.55. The maximum atomic E-state index is 8.82. The first-order chi connectivity index (χ1) is 5.81. The van der Waals surface area contributed by atoms with E-state index in [1.54, 1.807) is 0 Å². The van der Waals surface area contributed by atoms with Crippen molar-refractivity contribution in [2.45, 2.75) is 18.8 Å². The van der Waals surface area contributed by atoms with Crippen LogP contribution in [0.3, 0.4) is 0 Å². The number of hydrogen-bond donors (Lipinski definition) is 0. The molecule has 12 heavy (non-hydrogen) atoms. The summed E-state index contributed by atoms with van der Waals surface area (Å²) in [6.45, 7) is 0. The number of rotatable bonds is 0. The van der Waals surface area contributed by atoms with E-state index in [1.807, 2.05) is 6.07 Å². The summed E-state index contributed by atoms with van der Waals surface area (Å²) in [7, 11) is 0. The Labute approximate surface area is 80.1 Å². The number of nitrogens with zero attached hydrogens (tertiary/aromatic N) is 1. The fourth-order valence-corrected chi connectivity index (χ4v) is 2.13. The Hall–Kier alpha value is -0.810. The van der Waals surface area contributed by atoms with Gasteiger partial charge in [-0.25, -0.2) is 0 Å². The van der Waals surface area contributed by atoms with E-state index in [0.29, 0.717) is 0 Å². The molecule has 1 nitrogen and oxygen atoms in total. The topological polar surface area (TPSA) is 23.8 Å². The Morgan fingerprint density at radius 1 is 1.50 bits per heavy atom. The lowest BCUT2D eigenvalue weighted by Gasteiger charge is -2.01. The molecule has 0 radical (unpaired) electrons. The van der Waals surface area contributed by atoms with Crippen LogP contribution >= 0.6 is 15.9 Å². The number of halogens is 1. The van der Waals surface area contributed by atoms with E-state index in [9.17, 15) is 0 Å². The molecule has 0 spiro atoms. The van der Waals surface area contributed by atoms with Crippen molar-refractivity contribution in [1.29, 1.82) is 5.26 Å². The summed E-state index contributed by atoms with van der Waals surface area (Å²) >= 11 is 3.42. The van der Waals surface area contributed by atoms with Gasteiger partial charge in [-0.1, -0.05) is 22.0 Å². The van der Waals surface area contributed by atoms with Gasteiger partial charge in [0.1, 0.15) is 0 Å². The Kier molecular flexibility index (Phi) is 1.90. The van der Waals surface area contributed by atoms with Crippen molar-refractivity contribution in [2.24, 2.45) is 0 Å². The molecule has 2 heteroatoms. The van der Waals surface area contributed by atoms with Crippen molar-refractivity contribution < 1.29 is 0 Å². The lowest BCUT2D eigenvalue weighted by Crippen LogP contribution is -1.87. The summed E-state index contributed by atoms with van der Waals surface area (Å²) < 4.78 is 1.11. The van der Waals surface area contributed by atoms with E-state index in [1.165, 1.54) is 11.1 Å². The summed E-state index contributed by atoms with van der Waals surface area (Å²) in [6, 6.07) is 8.51. The summed E-state index contributed by atoms with van der Waals surface area (Å²) in [5, 5.41) is 8.82. The molecule has 1 aliphatic carbocycles. The molecule has 0 heterocycles. The SMILES string of the molecule is N#CC1CCc2cc(Br)ccc21. The number of hydrogen-bond acceptors (Lipinski definition) is 1. The average Bonchev–Trinajstić information content (AvgIpc) is 2.46. The van der Waals surface area contributed by atoms with Gasteiger partial charge < -0.3 is 0 Å². The van der Waals surface area contributed by atoms with Crippen LogP contribution in [0.5, 0.6) is 0 Å². The van der Waals surface area contributed by atoms with Gasteiger partial charge in [0.05, 0.1) is 12.0 Å². The van der Waals surface area contributed by atoms with Crippen molar-refractivity contribution in [3.05, 3.63) is 33.8 Å². The lowest BCUT2D eigenvalue weighted by atomic mass is 10.0. The highest BCUT2D eigenvalue weighted by Crippen LogP contribution is 2.33. The quantitative estimate of drug-likeness (QED) is 0.661. The van der Waals surface area contributed by atoms with Crippen molar-refractivity contribution in [3.63, 3.8) is 0 Å². The third-order valence-electron chi connectivity index (χ3n) is 2.34. The van der Waals surface area contributed by atoms with Crippen LogP contribution in [-0.2, 0) is 6.42 Å². The highest BCUT2D eigenvalue weighted by atomic mass is 79.9. The molecule has 1 aliphatic rings. The molecule has 0 saturated heterocycles. The van der Waals surface area contributed by atoms with E-state index in [-0.39, 0.29) is 5.92 Å². The second-order valence-corrected chi connectivity index (χ2v) is 3.98. The fraction of sp³-hybridized carbons (Fsp3) is 0.300. The molecule has 2 rings (SSSR count). The third-order valence-corrected chi connectivity index (χ3v) is 2.83. The van der Waals surface area contributed by atoms with Crippen LogP contribution in [0.15, 0.2) is 22.7 Å². The van der Waals surface area contributed by atoms with Crippen molar-refractivity contribution >= 4 is 15.9 Å². The van der Waals surface area contributed by atoms with Gasteiger partial charge >= 0.3 is 0 Å². The monoisotopic (exact) mass is 221 g/mol. The van der Waals surface area contributed by atoms with Crippen LogP contribution in [0.1, 0.15) is 23.5 Å². The van der Waals surface area contributed by atoms with Crippen LogP contribution in [0.25, 0.3) is 0 Å². The zero-order valence-electron chi connectivity index (χ0n) is 6.55. The number of benzene rings is 1. The summed E-state index contributed by atoms with van der Waals surface area (Å²) in [6.07, 6.45) is 2.04. The van der Waals surface area contributed by atoms with Gasteiger partial charge in [-0.2, -0.15) is 5.26 Å². The van der Waals surface area contributed by atoms with Crippen LogP contribution in [-0.4, -0.2) is 0 Å². The smallest absolute Gasteiger partial charge is 0.0718 e. The number of aryl methyl sites for hydroxylation is 1. The zero-order chi connectivity index (χ0) is 8.55. The molecule has 0 saturated carbocycles. The first kappa shape index (κ1) is 7.82. The van der Waals surface area contributed by atoms with Gasteiger partial charge in [0, 0.05) is 4.47 Å². The van der Waals surface area contributed by atoms with Crippen molar-refractivity contribution in [3.8, 4) is 6.07 Å². The third kappa shape index (κ3) is 1.15. The number of fused-ring (bicyclic) bond motifs is 1. The highest BCUT2D eigenvalue weighted by molar-refractivity contribution is 9.10. The van der Waals surface area contributed by atoms with Crippen LogP contribution in [0, 0.1) is 11.3 Å². The molecule has 0 amide bonds. The maximum Gasteiger partial charge on any atom is 0.0718 e. The Morgan fingerprint density at radius 3 is 3.08 bits per heavy atom. The average molecular weight is 222 g/mol. The maximum absolute atomic E-state index is 8.82. The second kappa shape index (κ2) is 2.91. The van der Waals surface area contributed by atoms with Crippen LogP contribution < -0.4 is 0 Å². The summed E-state index contributed by atoms with van der Waals surface area (Å²) in [4.78, 5) is 0. The molecule has 0 aromatic heterocycles. The fourth-order valence-electron chi connectivity index (χ4n) is 1.72. The summed E-state index contributed by atoms with van der Waals surface area (Å²) in [5.74, 6) is 0.132. The van der Waals surface area contributed by atoms with E-state index >= 15 is 0 Å². The molecule has 1 aromatic carbocycles. The van der Waals surface area contributed by atoms with Gasteiger partial charge in [0.25, 0.3) is 0 Å². The largest absolute Gasteiger partial charge is 0.198 e. The molecule has 0 aliphatic heterocycles. The molecular formula is C10H8BrN. The molecule has 0 bridgehead atoms. The zero-order valence-corrected chi connectivity index (χ0v) is 8.13. The van der Waals surface area contributed by atoms with Crippen LogP contribution in [0.2, 0.25) is 0 Å². The van der Waals surface area contributed by atoms with Gasteiger partial charge in [0.15, 0.2) is 0 Å². The minimum Gasteiger partial charge on any atom is -0.198 e. The first-order valence-electron chi connectivity index (χ1n) is 3.99. The van der Waals surface area contributed by atoms with Gasteiger partial charge in [0.2, 0.25) is 0 Å². The number of nitriles is 1. The molecular weight excluding hydrogens is 214 g/mol. The van der Waals surface area contributed by atoms with E-state index < -0.39 is 0 Å². The van der Waals surface area contributed by atoms with Crippen molar-refractivity contribution in [2.75, 3.05) is 0 Å². The van der Waals surface area contributed by atoms with E-state index in [4.69, 9.17) is 5.26 Å². The second-order valence-electron chi connectivity index (χ2n) is 3.06. The minimum absolute atomic E-state index is 0.132. The van der Waals surface area contributed by atoms with E-state index in [2.05, 4.69) is 34.1 Å². The van der Waals surface area contributed by atoms with E-state index in [0.717, 1.165) is 17.3 Å². The van der Waals surface area contributed by atoms with Gasteiger partial charge in [-0.3, -0.25) is 0 Å². The highest BCUT2D eigenvalue weighted by Gasteiger charge is 2.21. The van der Waals surface area contributed by atoms with Gasteiger partial charge in [-0.05, 0) is 36.1 Å². The normalized spacial score (nSPS) is 20.2. The first-order valence-corrected chi connectivity index (χ1v) is 4.78. The standard InChI is InChI=1S/C10H8BrN/c11-9-3-4-10-7(5-9)1-2-8(10)6-12/h3-5,8H,1-2H2. The lowest BCUT2D eigenvalue weighted by molar-refractivity contribution is 0.826. The van der Waals surface area contributed by atoms with Gasteiger partial charge in [-0.15, -0.1) is 0 Å².